The largest absolute Gasteiger partial charge is 0.386 e. The van der Waals surface area contributed by atoms with Crippen LogP contribution in [-0.4, -0.2) is 56.0 Å². The number of hydrogen-bond donors (Lipinski definition) is 2. The first-order valence-corrected chi connectivity index (χ1v) is 8.62. The number of carbonyl (C=O) groups excluding carboxylic acids is 1. The van der Waals surface area contributed by atoms with Crippen LogP contribution < -0.4 is 10.2 Å². The number of nitrogens with one attached hydrogen (secondary N) is 1. The number of β-amino-alcohol motifs (C(OH)–C–C–N with tert-alkyl or cyclic N) is 1. The summed E-state index contributed by atoms with van der Waals surface area (Å²) in [6, 6.07) is 1.86. The lowest BCUT2D eigenvalue weighted by Gasteiger charge is -2.39. The minimum atomic E-state index is -0.937. The highest BCUT2D eigenvalue weighted by molar-refractivity contribution is 5.75. The van der Waals surface area contributed by atoms with Crippen molar-refractivity contribution in [2.45, 2.75) is 37.8 Å². The number of piperidine rings is 1. The predicted molar refractivity (Wildman–Crippen MR) is 92.9 cm³/mol. The molecule has 25 heavy (non-hydrogen) atoms. The molecular weight excluding hydrogens is 320 g/mol. The molecule has 0 bridgehead atoms. The van der Waals surface area contributed by atoms with Crippen molar-refractivity contribution < 1.29 is 9.90 Å². The molecule has 3 heterocycles. The van der Waals surface area contributed by atoms with Crippen LogP contribution in [0.1, 0.15) is 25.7 Å². The van der Waals surface area contributed by atoms with Crippen molar-refractivity contribution in [3.63, 3.8) is 0 Å². The molecule has 1 saturated heterocycles. The van der Waals surface area contributed by atoms with E-state index in [1.807, 2.05) is 17.2 Å². The van der Waals surface area contributed by atoms with Crippen molar-refractivity contribution in [2.24, 2.45) is 0 Å². The zero-order valence-corrected chi connectivity index (χ0v) is 14.2. The van der Waals surface area contributed by atoms with Gasteiger partial charge in [0.25, 0.3) is 0 Å². The van der Waals surface area contributed by atoms with Crippen molar-refractivity contribution in [1.29, 1.82) is 0 Å². The van der Waals surface area contributed by atoms with Gasteiger partial charge in [-0.15, -0.1) is 0 Å². The average Bonchev–Trinajstić information content (AvgIpc) is 3.14. The van der Waals surface area contributed by atoms with E-state index >= 15 is 0 Å². The Hall–Kier alpha value is -2.48. The summed E-state index contributed by atoms with van der Waals surface area (Å²) >= 11 is 0. The minimum Gasteiger partial charge on any atom is -0.386 e. The van der Waals surface area contributed by atoms with E-state index in [4.69, 9.17) is 0 Å². The molecule has 1 aliphatic rings. The predicted octanol–water partition coefficient (Wildman–Crippen LogP) is 0.601. The summed E-state index contributed by atoms with van der Waals surface area (Å²) in [5.41, 5.74) is -0.937. The number of rotatable bonds is 7. The van der Waals surface area contributed by atoms with E-state index in [2.05, 4.69) is 20.4 Å². The van der Waals surface area contributed by atoms with E-state index in [1.54, 1.807) is 29.5 Å². The molecule has 0 radical (unpaired) electrons. The highest BCUT2D eigenvalue weighted by atomic mass is 16.3. The molecule has 1 amide bonds. The fourth-order valence-corrected chi connectivity index (χ4v) is 3.09. The fraction of sp³-hybridized carbons (Fsp3) is 0.529. The van der Waals surface area contributed by atoms with E-state index in [0.29, 0.717) is 25.9 Å². The number of carbonyl (C=O) groups is 1. The van der Waals surface area contributed by atoms with E-state index in [-0.39, 0.29) is 12.5 Å². The van der Waals surface area contributed by atoms with Crippen molar-refractivity contribution in [3.05, 3.63) is 37.1 Å². The van der Waals surface area contributed by atoms with Crippen LogP contribution >= 0.6 is 0 Å². The lowest BCUT2D eigenvalue weighted by atomic mass is 9.92. The number of hydrogen-bond acceptors (Lipinski definition) is 6. The molecule has 0 aromatic carbocycles. The van der Waals surface area contributed by atoms with Gasteiger partial charge in [-0.2, -0.15) is 5.10 Å². The third kappa shape index (κ3) is 4.99. The van der Waals surface area contributed by atoms with Gasteiger partial charge in [0.05, 0.1) is 11.8 Å². The topological polar surface area (TPSA) is 96.2 Å². The zero-order valence-electron chi connectivity index (χ0n) is 14.2. The Kier molecular flexibility index (Phi) is 5.60. The van der Waals surface area contributed by atoms with E-state index in [1.165, 1.54) is 0 Å². The van der Waals surface area contributed by atoms with Gasteiger partial charge in [0, 0.05) is 57.4 Å². The number of amides is 1. The Labute approximate surface area is 146 Å². The monoisotopic (exact) mass is 344 g/mol. The smallest absolute Gasteiger partial charge is 0.220 e. The second kappa shape index (κ2) is 8.06. The molecule has 3 rings (SSSR count). The van der Waals surface area contributed by atoms with Gasteiger partial charge in [-0.05, 0) is 25.3 Å². The second-order valence-corrected chi connectivity index (χ2v) is 6.46. The van der Waals surface area contributed by atoms with E-state index < -0.39 is 5.60 Å². The Morgan fingerprint density at radius 1 is 1.36 bits per heavy atom. The van der Waals surface area contributed by atoms with Gasteiger partial charge in [0.1, 0.15) is 5.82 Å². The lowest BCUT2D eigenvalue weighted by molar-refractivity contribution is -0.122. The normalized spacial score (nSPS) is 20.4. The quantitative estimate of drug-likeness (QED) is 0.764. The van der Waals surface area contributed by atoms with Gasteiger partial charge in [-0.1, -0.05) is 0 Å². The van der Waals surface area contributed by atoms with Crippen molar-refractivity contribution >= 4 is 11.7 Å². The van der Waals surface area contributed by atoms with Gasteiger partial charge in [-0.25, -0.2) is 4.98 Å². The van der Waals surface area contributed by atoms with Gasteiger partial charge < -0.3 is 15.3 Å². The molecule has 8 nitrogen and oxygen atoms in total. The molecule has 1 unspecified atom stereocenters. The fourth-order valence-electron chi connectivity index (χ4n) is 3.09. The molecular formula is C17H24N6O2. The first-order chi connectivity index (χ1) is 12.1. The van der Waals surface area contributed by atoms with Crippen LogP contribution in [0.4, 0.5) is 5.82 Å². The van der Waals surface area contributed by atoms with Crippen LogP contribution in [0, 0.1) is 0 Å². The first kappa shape index (κ1) is 17.3. The highest BCUT2D eigenvalue weighted by Gasteiger charge is 2.34. The summed E-state index contributed by atoms with van der Waals surface area (Å²) in [5, 5.41) is 17.8. The number of aromatic nitrogens is 4. The van der Waals surface area contributed by atoms with Crippen molar-refractivity contribution in [3.8, 4) is 0 Å². The minimum absolute atomic E-state index is 0.0443. The SMILES string of the molecule is O=C(CCCn1cccn1)NCC1(O)CCCN(c2cnccn2)C1. The highest BCUT2D eigenvalue weighted by Crippen LogP contribution is 2.23. The Morgan fingerprint density at radius 3 is 3.04 bits per heavy atom. The number of anilines is 1. The average molecular weight is 344 g/mol. The molecule has 2 aromatic heterocycles. The maximum absolute atomic E-state index is 12.0. The Morgan fingerprint density at radius 2 is 2.28 bits per heavy atom. The summed E-state index contributed by atoms with van der Waals surface area (Å²) in [6.45, 7) is 2.24. The first-order valence-electron chi connectivity index (χ1n) is 8.62. The molecule has 1 atom stereocenters. The standard InChI is InChI=1S/C17H24N6O2/c24-16(4-1-10-23-11-3-6-21-23)20-13-17(25)5-2-9-22(14-17)15-12-18-7-8-19-15/h3,6-8,11-12,25H,1-2,4-5,9-10,13-14H2,(H,20,24). The van der Waals surface area contributed by atoms with Crippen LogP contribution in [0.25, 0.3) is 0 Å². The van der Waals surface area contributed by atoms with Gasteiger partial charge in [0.2, 0.25) is 5.91 Å². The lowest BCUT2D eigenvalue weighted by Crippen LogP contribution is -2.54. The second-order valence-electron chi connectivity index (χ2n) is 6.46. The Bertz CT molecular complexity index is 663. The van der Waals surface area contributed by atoms with Crippen LogP contribution in [0.3, 0.4) is 0 Å². The summed E-state index contributed by atoms with van der Waals surface area (Å²) in [4.78, 5) is 22.4. The number of aryl methyl sites for hydroxylation is 1. The molecule has 0 aliphatic carbocycles. The molecule has 8 heteroatoms. The van der Waals surface area contributed by atoms with Gasteiger partial charge >= 0.3 is 0 Å². The van der Waals surface area contributed by atoms with Crippen molar-refractivity contribution in [2.75, 3.05) is 24.5 Å². The van der Waals surface area contributed by atoms with E-state index in [0.717, 1.165) is 25.2 Å². The van der Waals surface area contributed by atoms with Crippen LogP contribution in [-0.2, 0) is 11.3 Å². The molecule has 2 N–H and O–H groups in total. The van der Waals surface area contributed by atoms with Crippen LogP contribution in [0.15, 0.2) is 37.1 Å². The van der Waals surface area contributed by atoms with Gasteiger partial charge in [0.15, 0.2) is 0 Å². The van der Waals surface area contributed by atoms with Crippen molar-refractivity contribution in [1.82, 2.24) is 25.1 Å². The summed E-state index contributed by atoms with van der Waals surface area (Å²) < 4.78 is 1.81. The molecule has 0 saturated carbocycles. The van der Waals surface area contributed by atoms with Gasteiger partial charge in [-0.3, -0.25) is 14.5 Å². The van der Waals surface area contributed by atoms with E-state index in [9.17, 15) is 9.90 Å². The maximum Gasteiger partial charge on any atom is 0.220 e. The Balaban J connectivity index is 1.44. The summed E-state index contributed by atoms with van der Waals surface area (Å²) in [5.74, 6) is 0.711. The number of nitrogens with zero attached hydrogens (tertiary/aromatic N) is 5. The number of aliphatic hydroxyl groups is 1. The summed E-state index contributed by atoms with van der Waals surface area (Å²) in [6.07, 6.45) is 11.2. The third-order valence-corrected chi connectivity index (χ3v) is 4.39. The molecule has 134 valence electrons. The molecule has 1 aliphatic heterocycles. The van der Waals surface area contributed by atoms with Crippen LogP contribution in [0.2, 0.25) is 0 Å². The zero-order chi connectivity index (χ0) is 17.5. The molecule has 0 spiro atoms. The molecule has 1 fully saturated rings. The summed E-state index contributed by atoms with van der Waals surface area (Å²) in [7, 11) is 0. The molecule has 2 aromatic rings. The van der Waals surface area contributed by atoms with Crippen LogP contribution in [0.5, 0.6) is 0 Å². The maximum atomic E-state index is 12.0. The third-order valence-electron chi connectivity index (χ3n) is 4.39.